The molecule has 5 nitrogen and oxygen atoms in total. The first-order valence-electron chi connectivity index (χ1n) is 6.46. The molecule has 6 heteroatoms. The quantitative estimate of drug-likeness (QED) is 0.809. The Morgan fingerprint density at radius 2 is 2.29 bits per heavy atom. The van der Waals surface area contributed by atoms with Crippen LogP contribution in [0.1, 0.15) is 21.7 Å². The predicted octanol–water partition coefficient (Wildman–Crippen LogP) is 2.62. The SMILES string of the molecule is Cc1nc2cc(Cl)ccn2c1C(=O)NCc1cccnc1. The number of hydrogen-bond donors (Lipinski definition) is 1. The summed E-state index contributed by atoms with van der Waals surface area (Å²) >= 11 is 5.94. The fourth-order valence-corrected chi connectivity index (χ4v) is 2.33. The number of aryl methyl sites for hydroxylation is 1. The van der Waals surface area contributed by atoms with Crippen LogP contribution in [0.4, 0.5) is 0 Å². The number of carbonyl (C=O) groups is 1. The van der Waals surface area contributed by atoms with E-state index in [1.54, 1.807) is 42.0 Å². The van der Waals surface area contributed by atoms with Crippen molar-refractivity contribution in [3.63, 3.8) is 0 Å². The molecule has 0 fully saturated rings. The molecule has 0 radical (unpaired) electrons. The van der Waals surface area contributed by atoms with Crippen molar-refractivity contribution in [3.05, 3.63) is 64.8 Å². The topological polar surface area (TPSA) is 59.3 Å². The maximum absolute atomic E-state index is 12.4. The number of nitrogens with zero attached hydrogens (tertiary/aromatic N) is 3. The van der Waals surface area contributed by atoms with Crippen LogP contribution >= 0.6 is 11.6 Å². The van der Waals surface area contributed by atoms with Crippen molar-refractivity contribution < 1.29 is 4.79 Å². The number of fused-ring (bicyclic) bond motifs is 1. The summed E-state index contributed by atoms with van der Waals surface area (Å²) in [6, 6.07) is 7.21. The molecule has 3 aromatic rings. The van der Waals surface area contributed by atoms with Gasteiger partial charge in [-0.25, -0.2) is 4.98 Å². The first-order chi connectivity index (χ1) is 10.1. The Labute approximate surface area is 126 Å². The van der Waals surface area contributed by atoms with Crippen LogP contribution in [0.15, 0.2) is 42.9 Å². The lowest BCUT2D eigenvalue weighted by Gasteiger charge is -2.06. The molecule has 3 rings (SSSR count). The normalized spacial score (nSPS) is 10.8. The Morgan fingerprint density at radius 3 is 3.05 bits per heavy atom. The molecule has 21 heavy (non-hydrogen) atoms. The van der Waals surface area contributed by atoms with Crippen molar-refractivity contribution in [1.82, 2.24) is 19.7 Å². The second-order valence-electron chi connectivity index (χ2n) is 4.66. The fourth-order valence-electron chi connectivity index (χ4n) is 2.18. The average Bonchev–Trinajstić information content (AvgIpc) is 2.81. The maximum atomic E-state index is 12.4. The van der Waals surface area contributed by atoms with Gasteiger partial charge >= 0.3 is 0 Å². The molecule has 0 aliphatic carbocycles. The second kappa shape index (κ2) is 5.54. The van der Waals surface area contributed by atoms with Gasteiger partial charge in [0.25, 0.3) is 5.91 Å². The summed E-state index contributed by atoms with van der Waals surface area (Å²) in [6.45, 7) is 2.23. The highest BCUT2D eigenvalue weighted by atomic mass is 35.5. The summed E-state index contributed by atoms with van der Waals surface area (Å²) in [5.74, 6) is -0.175. The number of carbonyl (C=O) groups excluding carboxylic acids is 1. The second-order valence-corrected chi connectivity index (χ2v) is 5.10. The van der Waals surface area contributed by atoms with Crippen molar-refractivity contribution in [2.24, 2.45) is 0 Å². The van der Waals surface area contributed by atoms with Crippen molar-refractivity contribution in [1.29, 1.82) is 0 Å². The van der Waals surface area contributed by atoms with E-state index in [1.807, 2.05) is 12.1 Å². The number of amides is 1. The number of pyridine rings is 2. The lowest BCUT2D eigenvalue weighted by molar-refractivity contribution is 0.0944. The highest BCUT2D eigenvalue weighted by Gasteiger charge is 2.16. The maximum Gasteiger partial charge on any atom is 0.270 e. The molecule has 1 amide bonds. The van der Waals surface area contributed by atoms with Crippen LogP contribution in [0.25, 0.3) is 5.65 Å². The summed E-state index contributed by atoms with van der Waals surface area (Å²) < 4.78 is 1.74. The Bertz CT molecular complexity index is 798. The summed E-state index contributed by atoms with van der Waals surface area (Å²) in [4.78, 5) is 20.7. The minimum absolute atomic E-state index is 0.175. The highest BCUT2D eigenvalue weighted by molar-refractivity contribution is 6.30. The van der Waals surface area contributed by atoms with Gasteiger partial charge in [-0.15, -0.1) is 0 Å². The zero-order valence-corrected chi connectivity index (χ0v) is 12.1. The van der Waals surface area contributed by atoms with Gasteiger partial charge in [0.15, 0.2) is 0 Å². The first kappa shape index (κ1) is 13.6. The zero-order chi connectivity index (χ0) is 14.8. The largest absolute Gasteiger partial charge is 0.347 e. The third-order valence-electron chi connectivity index (χ3n) is 3.15. The number of nitrogens with one attached hydrogen (secondary N) is 1. The van der Waals surface area contributed by atoms with Gasteiger partial charge in [-0.3, -0.25) is 14.2 Å². The van der Waals surface area contributed by atoms with Crippen LogP contribution < -0.4 is 5.32 Å². The van der Waals surface area contributed by atoms with Crippen LogP contribution in [0, 0.1) is 6.92 Å². The van der Waals surface area contributed by atoms with E-state index in [0.717, 1.165) is 5.56 Å². The number of halogens is 1. The van der Waals surface area contributed by atoms with Crippen molar-refractivity contribution in [3.8, 4) is 0 Å². The molecule has 3 heterocycles. The molecule has 0 saturated carbocycles. The average molecular weight is 301 g/mol. The van der Waals surface area contributed by atoms with E-state index in [4.69, 9.17) is 11.6 Å². The van der Waals surface area contributed by atoms with Gasteiger partial charge in [-0.2, -0.15) is 0 Å². The number of aromatic nitrogens is 3. The van der Waals surface area contributed by atoms with E-state index in [2.05, 4.69) is 15.3 Å². The molecule has 0 aromatic carbocycles. The molecule has 0 atom stereocenters. The molecule has 0 unspecified atom stereocenters. The van der Waals surface area contributed by atoms with Crippen molar-refractivity contribution in [2.75, 3.05) is 0 Å². The molecule has 0 spiro atoms. The minimum atomic E-state index is -0.175. The molecule has 0 saturated heterocycles. The summed E-state index contributed by atoms with van der Waals surface area (Å²) in [5, 5.41) is 3.47. The van der Waals surface area contributed by atoms with Crippen LogP contribution in [0.5, 0.6) is 0 Å². The molecule has 0 aliphatic heterocycles. The molecular formula is C15H13ClN4O. The molecule has 0 bridgehead atoms. The summed E-state index contributed by atoms with van der Waals surface area (Å²) in [5.41, 5.74) is 2.79. The molecule has 0 aliphatic rings. The Kier molecular flexibility index (Phi) is 3.58. The van der Waals surface area contributed by atoms with Gasteiger partial charge in [0.2, 0.25) is 0 Å². The Hall–Kier alpha value is -2.40. The van der Waals surface area contributed by atoms with Crippen LogP contribution in [0.2, 0.25) is 5.02 Å². The van der Waals surface area contributed by atoms with Crippen LogP contribution in [0.3, 0.4) is 0 Å². The summed E-state index contributed by atoms with van der Waals surface area (Å²) in [7, 11) is 0. The predicted molar refractivity (Wildman–Crippen MR) is 80.3 cm³/mol. The fraction of sp³-hybridized carbons (Fsp3) is 0.133. The van der Waals surface area contributed by atoms with Crippen LogP contribution in [-0.2, 0) is 6.54 Å². The van der Waals surface area contributed by atoms with E-state index >= 15 is 0 Å². The molecule has 1 N–H and O–H groups in total. The molecule has 106 valence electrons. The van der Waals surface area contributed by atoms with Gasteiger partial charge < -0.3 is 5.32 Å². The van der Waals surface area contributed by atoms with Gasteiger partial charge in [0, 0.05) is 36.2 Å². The van der Waals surface area contributed by atoms with E-state index in [0.29, 0.717) is 28.6 Å². The lowest BCUT2D eigenvalue weighted by Crippen LogP contribution is -2.25. The Morgan fingerprint density at radius 1 is 1.43 bits per heavy atom. The van der Waals surface area contributed by atoms with Gasteiger partial charge in [-0.05, 0) is 24.6 Å². The molecular weight excluding hydrogens is 288 g/mol. The molecule has 3 aromatic heterocycles. The first-order valence-corrected chi connectivity index (χ1v) is 6.84. The third kappa shape index (κ3) is 2.73. The monoisotopic (exact) mass is 300 g/mol. The number of hydrogen-bond acceptors (Lipinski definition) is 3. The van der Waals surface area contributed by atoms with Crippen molar-refractivity contribution in [2.45, 2.75) is 13.5 Å². The number of rotatable bonds is 3. The highest BCUT2D eigenvalue weighted by Crippen LogP contribution is 2.16. The smallest absolute Gasteiger partial charge is 0.270 e. The third-order valence-corrected chi connectivity index (χ3v) is 3.39. The lowest BCUT2D eigenvalue weighted by atomic mass is 10.2. The van der Waals surface area contributed by atoms with Crippen molar-refractivity contribution >= 4 is 23.2 Å². The van der Waals surface area contributed by atoms with Gasteiger partial charge in [0.1, 0.15) is 11.3 Å². The van der Waals surface area contributed by atoms with Crippen LogP contribution in [-0.4, -0.2) is 20.3 Å². The minimum Gasteiger partial charge on any atom is -0.347 e. The zero-order valence-electron chi connectivity index (χ0n) is 11.4. The van der Waals surface area contributed by atoms with E-state index in [9.17, 15) is 4.79 Å². The van der Waals surface area contributed by atoms with E-state index in [1.165, 1.54) is 0 Å². The van der Waals surface area contributed by atoms with Gasteiger partial charge in [-0.1, -0.05) is 17.7 Å². The van der Waals surface area contributed by atoms with Gasteiger partial charge in [0.05, 0.1) is 5.69 Å². The van der Waals surface area contributed by atoms with E-state index in [-0.39, 0.29) is 5.91 Å². The van der Waals surface area contributed by atoms with E-state index < -0.39 is 0 Å². The standard InChI is InChI=1S/C15H13ClN4O/c1-10-14(20-6-4-12(16)7-13(20)19-10)15(21)18-9-11-3-2-5-17-8-11/h2-8H,9H2,1H3,(H,18,21). The Balaban J connectivity index is 1.86. The summed E-state index contributed by atoms with van der Waals surface area (Å²) in [6.07, 6.45) is 5.17. The number of imidazole rings is 1.